The molecule has 0 aliphatic carbocycles. The van der Waals surface area contributed by atoms with Crippen molar-refractivity contribution in [2.45, 2.75) is 6.54 Å². The minimum absolute atomic E-state index is 0.248. The SMILES string of the molecule is CN(Cc1ccc2c(c1)ncn2C)C(=O)C(=O)O. The lowest BCUT2D eigenvalue weighted by Gasteiger charge is -2.14. The van der Waals surface area contributed by atoms with Gasteiger partial charge in [0.25, 0.3) is 0 Å². The average molecular weight is 247 g/mol. The van der Waals surface area contributed by atoms with Crippen LogP contribution < -0.4 is 0 Å². The number of aryl methyl sites for hydroxylation is 1. The number of benzene rings is 1. The maximum Gasteiger partial charge on any atom is 0.394 e. The van der Waals surface area contributed by atoms with E-state index < -0.39 is 11.9 Å². The highest BCUT2D eigenvalue weighted by atomic mass is 16.4. The monoisotopic (exact) mass is 247 g/mol. The van der Waals surface area contributed by atoms with Crippen molar-refractivity contribution >= 4 is 22.9 Å². The Balaban J connectivity index is 2.22. The van der Waals surface area contributed by atoms with Crippen LogP contribution in [0.2, 0.25) is 0 Å². The molecule has 1 amide bonds. The molecule has 1 aromatic heterocycles. The third kappa shape index (κ3) is 2.17. The number of fused-ring (bicyclic) bond motifs is 1. The Kier molecular flexibility index (Phi) is 3.01. The maximum atomic E-state index is 11.2. The number of rotatable bonds is 2. The summed E-state index contributed by atoms with van der Waals surface area (Å²) in [6.07, 6.45) is 1.71. The van der Waals surface area contributed by atoms with Gasteiger partial charge in [-0.1, -0.05) is 6.07 Å². The van der Waals surface area contributed by atoms with Crippen molar-refractivity contribution in [3.05, 3.63) is 30.1 Å². The third-order valence-electron chi connectivity index (χ3n) is 2.74. The summed E-state index contributed by atoms with van der Waals surface area (Å²) in [4.78, 5) is 27.1. The zero-order chi connectivity index (χ0) is 13.3. The van der Waals surface area contributed by atoms with Crippen molar-refractivity contribution in [1.29, 1.82) is 0 Å². The molecule has 1 heterocycles. The van der Waals surface area contributed by atoms with E-state index in [0.29, 0.717) is 0 Å². The van der Waals surface area contributed by atoms with Gasteiger partial charge in [0.15, 0.2) is 0 Å². The van der Waals surface area contributed by atoms with Crippen LogP contribution in [0.5, 0.6) is 0 Å². The molecule has 1 N–H and O–H groups in total. The first-order chi connectivity index (χ1) is 8.49. The van der Waals surface area contributed by atoms with E-state index in [0.717, 1.165) is 21.5 Å². The largest absolute Gasteiger partial charge is 0.474 e. The Labute approximate surface area is 103 Å². The maximum absolute atomic E-state index is 11.2. The average Bonchev–Trinajstić information content (AvgIpc) is 2.69. The second-order valence-electron chi connectivity index (χ2n) is 4.14. The van der Waals surface area contributed by atoms with Crippen LogP contribution in [-0.2, 0) is 23.2 Å². The number of carbonyl (C=O) groups excluding carboxylic acids is 1. The van der Waals surface area contributed by atoms with E-state index in [1.165, 1.54) is 7.05 Å². The Hall–Kier alpha value is -2.37. The predicted molar refractivity (Wildman–Crippen MR) is 64.8 cm³/mol. The van der Waals surface area contributed by atoms with Crippen molar-refractivity contribution in [3.63, 3.8) is 0 Å². The summed E-state index contributed by atoms with van der Waals surface area (Å²) < 4.78 is 1.89. The standard InChI is InChI=1S/C12H13N3O3/c1-14(11(16)12(17)18)6-8-3-4-10-9(5-8)13-7-15(10)2/h3-5,7H,6H2,1-2H3,(H,17,18). The Morgan fingerprint density at radius 3 is 2.83 bits per heavy atom. The first-order valence-corrected chi connectivity index (χ1v) is 5.37. The molecular formula is C12H13N3O3. The Morgan fingerprint density at radius 1 is 1.44 bits per heavy atom. The van der Waals surface area contributed by atoms with Crippen LogP contribution in [0.25, 0.3) is 11.0 Å². The molecule has 94 valence electrons. The van der Waals surface area contributed by atoms with Gasteiger partial charge in [0.1, 0.15) is 0 Å². The smallest absolute Gasteiger partial charge is 0.394 e. The number of carbonyl (C=O) groups is 2. The summed E-state index contributed by atoms with van der Waals surface area (Å²) in [5, 5.41) is 8.60. The summed E-state index contributed by atoms with van der Waals surface area (Å²) in [6.45, 7) is 0.248. The number of nitrogens with zero attached hydrogens (tertiary/aromatic N) is 3. The Morgan fingerprint density at radius 2 is 2.17 bits per heavy atom. The van der Waals surface area contributed by atoms with Gasteiger partial charge in [0.05, 0.1) is 17.4 Å². The van der Waals surface area contributed by atoms with Crippen LogP contribution >= 0.6 is 0 Å². The number of hydrogen-bond acceptors (Lipinski definition) is 3. The van der Waals surface area contributed by atoms with Gasteiger partial charge in [-0.15, -0.1) is 0 Å². The number of carboxylic acids is 1. The highest BCUT2D eigenvalue weighted by Crippen LogP contribution is 2.14. The molecule has 1 aromatic carbocycles. The topological polar surface area (TPSA) is 75.4 Å². The highest BCUT2D eigenvalue weighted by Gasteiger charge is 2.17. The van der Waals surface area contributed by atoms with Gasteiger partial charge in [0, 0.05) is 20.6 Å². The van der Waals surface area contributed by atoms with E-state index in [1.54, 1.807) is 6.33 Å². The summed E-state index contributed by atoms with van der Waals surface area (Å²) >= 11 is 0. The number of imidazole rings is 1. The van der Waals surface area contributed by atoms with E-state index in [1.807, 2.05) is 29.8 Å². The minimum Gasteiger partial charge on any atom is -0.474 e. The normalized spacial score (nSPS) is 10.6. The van der Waals surface area contributed by atoms with E-state index in [-0.39, 0.29) is 6.54 Å². The number of amides is 1. The van der Waals surface area contributed by atoms with Gasteiger partial charge in [0.2, 0.25) is 0 Å². The van der Waals surface area contributed by atoms with Gasteiger partial charge in [-0.2, -0.15) is 0 Å². The second kappa shape index (κ2) is 4.48. The summed E-state index contributed by atoms with van der Waals surface area (Å²) in [5.74, 6) is -2.37. The molecule has 0 radical (unpaired) electrons. The van der Waals surface area contributed by atoms with Crippen LogP contribution in [0.3, 0.4) is 0 Å². The van der Waals surface area contributed by atoms with Gasteiger partial charge >= 0.3 is 11.9 Å². The second-order valence-corrected chi connectivity index (χ2v) is 4.14. The molecule has 0 atom stereocenters. The van der Waals surface area contributed by atoms with Crippen molar-refractivity contribution in [2.24, 2.45) is 7.05 Å². The third-order valence-corrected chi connectivity index (χ3v) is 2.74. The van der Waals surface area contributed by atoms with Crippen LogP contribution in [0.1, 0.15) is 5.56 Å². The van der Waals surface area contributed by atoms with Crippen LogP contribution in [0.15, 0.2) is 24.5 Å². The molecule has 0 saturated heterocycles. The van der Waals surface area contributed by atoms with Gasteiger partial charge in [-0.25, -0.2) is 9.78 Å². The number of aromatic nitrogens is 2. The molecule has 0 spiro atoms. The van der Waals surface area contributed by atoms with E-state index in [2.05, 4.69) is 4.98 Å². The van der Waals surface area contributed by atoms with E-state index >= 15 is 0 Å². The lowest BCUT2D eigenvalue weighted by molar-refractivity contribution is -0.155. The van der Waals surface area contributed by atoms with Crippen molar-refractivity contribution in [1.82, 2.24) is 14.5 Å². The molecule has 0 saturated carbocycles. The Bertz CT molecular complexity index is 618. The highest BCUT2D eigenvalue weighted by molar-refractivity contribution is 6.31. The number of aliphatic carboxylic acids is 1. The van der Waals surface area contributed by atoms with Crippen LogP contribution in [0.4, 0.5) is 0 Å². The number of hydrogen-bond donors (Lipinski definition) is 1. The fourth-order valence-corrected chi connectivity index (χ4v) is 1.79. The quantitative estimate of drug-likeness (QED) is 0.789. The first kappa shape index (κ1) is 12.1. The summed E-state index contributed by atoms with van der Waals surface area (Å²) in [5.41, 5.74) is 2.66. The molecule has 0 aliphatic rings. The molecule has 2 aromatic rings. The van der Waals surface area contributed by atoms with Crippen molar-refractivity contribution in [3.8, 4) is 0 Å². The molecule has 6 nitrogen and oxygen atoms in total. The molecule has 6 heteroatoms. The summed E-state index contributed by atoms with van der Waals surface area (Å²) in [7, 11) is 3.36. The van der Waals surface area contributed by atoms with Gasteiger partial charge in [-0.3, -0.25) is 4.79 Å². The van der Waals surface area contributed by atoms with E-state index in [9.17, 15) is 9.59 Å². The molecule has 0 aliphatic heterocycles. The zero-order valence-electron chi connectivity index (χ0n) is 10.1. The fourth-order valence-electron chi connectivity index (χ4n) is 1.79. The molecule has 2 rings (SSSR count). The van der Waals surface area contributed by atoms with Crippen molar-refractivity contribution in [2.75, 3.05) is 7.05 Å². The zero-order valence-corrected chi connectivity index (χ0v) is 10.1. The molecule has 0 unspecified atom stereocenters. The van der Waals surface area contributed by atoms with Crippen LogP contribution in [0, 0.1) is 0 Å². The van der Waals surface area contributed by atoms with Gasteiger partial charge in [-0.05, 0) is 17.7 Å². The number of carboxylic acid groups (broad SMARTS) is 1. The lowest BCUT2D eigenvalue weighted by Crippen LogP contribution is -2.32. The first-order valence-electron chi connectivity index (χ1n) is 5.37. The van der Waals surface area contributed by atoms with Gasteiger partial charge < -0.3 is 14.6 Å². The molecule has 0 fully saturated rings. The van der Waals surface area contributed by atoms with E-state index in [4.69, 9.17) is 5.11 Å². The molecule has 18 heavy (non-hydrogen) atoms. The predicted octanol–water partition coefficient (Wildman–Crippen LogP) is 0.616. The summed E-state index contributed by atoms with van der Waals surface area (Å²) in [6, 6.07) is 5.60. The van der Waals surface area contributed by atoms with Crippen molar-refractivity contribution < 1.29 is 14.7 Å². The lowest BCUT2D eigenvalue weighted by atomic mass is 10.2. The van der Waals surface area contributed by atoms with Crippen LogP contribution in [-0.4, -0.2) is 38.5 Å². The minimum atomic E-state index is -1.45. The fraction of sp³-hybridized carbons (Fsp3) is 0.250. The molecule has 0 bridgehead atoms. The molecular weight excluding hydrogens is 234 g/mol. The number of likely N-dealkylation sites (N-methyl/N-ethyl adjacent to an activating group) is 1.